The molecule has 20 heavy (non-hydrogen) atoms. The highest BCUT2D eigenvalue weighted by atomic mass is 16.5. The summed E-state index contributed by atoms with van der Waals surface area (Å²) in [5, 5.41) is 3.04. The first-order chi connectivity index (χ1) is 9.72. The zero-order valence-electron chi connectivity index (χ0n) is 12.2. The minimum absolute atomic E-state index is 0.0671. The molecule has 1 N–H and O–H groups in total. The van der Waals surface area contributed by atoms with Gasteiger partial charge in [0.2, 0.25) is 5.88 Å². The summed E-state index contributed by atoms with van der Waals surface area (Å²) in [6, 6.07) is 3.56. The van der Waals surface area contributed by atoms with Gasteiger partial charge >= 0.3 is 0 Å². The zero-order valence-corrected chi connectivity index (χ0v) is 12.2. The number of aromatic nitrogens is 1. The Morgan fingerprint density at radius 3 is 3.05 bits per heavy atom. The summed E-state index contributed by atoms with van der Waals surface area (Å²) in [5.74, 6) is 0.276. The quantitative estimate of drug-likeness (QED) is 0.839. The summed E-state index contributed by atoms with van der Waals surface area (Å²) in [4.78, 5) is 16.4. The van der Waals surface area contributed by atoms with Gasteiger partial charge in [-0.25, -0.2) is 4.98 Å². The Morgan fingerprint density at radius 1 is 1.50 bits per heavy atom. The number of nitrogens with zero attached hydrogens (tertiary/aromatic N) is 1. The Kier molecular flexibility index (Phi) is 5.16. The summed E-state index contributed by atoms with van der Waals surface area (Å²) in [6.45, 7) is 4.41. The molecule has 1 aliphatic carbocycles. The lowest BCUT2D eigenvalue weighted by Gasteiger charge is -2.21. The van der Waals surface area contributed by atoms with Crippen LogP contribution in [-0.2, 0) is 0 Å². The van der Waals surface area contributed by atoms with Crippen LogP contribution in [0.2, 0.25) is 0 Å². The normalized spacial score (nSPS) is 16.2. The molecule has 0 saturated carbocycles. The van der Waals surface area contributed by atoms with Gasteiger partial charge in [-0.3, -0.25) is 4.79 Å². The van der Waals surface area contributed by atoms with Crippen LogP contribution in [0, 0.1) is 0 Å². The fraction of sp³-hybridized carbons (Fsp3) is 0.500. The molecule has 1 aliphatic rings. The highest BCUT2D eigenvalue weighted by Gasteiger charge is 2.18. The van der Waals surface area contributed by atoms with E-state index in [1.54, 1.807) is 18.3 Å². The molecule has 0 fully saturated rings. The van der Waals surface area contributed by atoms with Crippen LogP contribution in [0.4, 0.5) is 0 Å². The minimum atomic E-state index is -0.125. The SMILES string of the molecule is CCOc1ncccc1C(=O)NC(C)C1=CCCCC1. The lowest BCUT2D eigenvalue weighted by Crippen LogP contribution is -2.34. The fourth-order valence-corrected chi connectivity index (χ4v) is 2.44. The first kappa shape index (κ1) is 14.6. The van der Waals surface area contributed by atoms with Crippen molar-refractivity contribution in [2.45, 2.75) is 45.6 Å². The number of nitrogens with one attached hydrogen (secondary N) is 1. The van der Waals surface area contributed by atoms with Gasteiger partial charge in [-0.05, 0) is 51.7 Å². The number of pyridine rings is 1. The van der Waals surface area contributed by atoms with E-state index in [1.165, 1.54) is 18.4 Å². The maximum Gasteiger partial charge on any atom is 0.257 e. The molecule has 108 valence electrons. The van der Waals surface area contributed by atoms with Crippen molar-refractivity contribution in [3.63, 3.8) is 0 Å². The Morgan fingerprint density at radius 2 is 2.35 bits per heavy atom. The average molecular weight is 274 g/mol. The van der Waals surface area contributed by atoms with E-state index in [1.807, 2.05) is 13.8 Å². The predicted molar refractivity (Wildman–Crippen MR) is 78.9 cm³/mol. The third-order valence-electron chi connectivity index (χ3n) is 3.53. The van der Waals surface area contributed by atoms with Crippen molar-refractivity contribution in [2.24, 2.45) is 0 Å². The summed E-state index contributed by atoms with van der Waals surface area (Å²) in [6.07, 6.45) is 8.54. The van der Waals surface area contributed by atoms with Crippen LogP contribution in [0.5, 0.6) is 5.88 Å². The van der Waals surface area contributed by atoms with E-state index in [0.717, 1.165) is 12.8 Å². The van der Waals surface area contributed by atoms with E-state index < -0.39 is 0 Å². The second-order valence-electron chi connectivity index (χ2n) is 5.01. The zero-order chi connectivity index (χ0) is 14.4. The molecule has 4 heteroatoms. The maximum absolute atomic E-state index is 12.3. The van der Waals surface area contributed by atoms with Gasteiger partial charge in [0, 0.05) is 12.2 Å². The van der Waals surface area contributed by atoms with E-state index in [0.29, 0.717) is 18.1 Å². The van der Waals surface area contributed by atoms with Crippen LogP contribution < -0.4 is 10.1 Å². The van der Waals surface area contributed by atoms with Crippen LogP contribution >= 0.6 is 0 Å². The maximum atomic E-state index is 12.3. The molecular formula is C16H22N2O2. The highest BCUT2D eigenvalue weighted by molar-refractivity contribution is 5.96. The van der Waals surface area contributed by atoms with Gasteiger partial charge in [-0.2, -0.15) is 0 Å². The molecule has 0 bridgehead atoms. The second-order valence-corrected chi connectivity index (χ2v) is 5.01. The van der Waals surface area contributed by atoms with Gasteiger partial charge < -0.3 is 10.1 Å². The number of hydrogen-bond donors (Lipinski definition) is 1. The Balaban J connectivity index is 2.06. The van der Waals surface area contributed by atoms with Gasteiger partial charge in [0.05, 0.1) is 6.61 Å². The van der Waals surface area contributed by atoms with Gasteiger partial charge in [0.15, 0.2) is 0 Å². The number of ether oxygens (including phenoxy) is 1. The largest absolute Gasteiger partial charge is 0.477 e. The van der Waals surface area contributed by atoms with Crippen molar-refractivity contribution >= 4 is 5.91 Å². The summed E-state index contributed by atoms with van der Waals surface area (Å²) in [5.41, 5.74) is 1.82. The molecule has 2 rings (SSSR count). The van der Waals surface area contributed by atoms with Crippen molar-refractivity contribution in [1.29, 1.82) is 0 Å². The van der Waals surface area contributed by atoms with Crippen molar-refractivity contribution in [3.05, 3.63) is 35.5 Å². The Bertz CT molecular complexity index is 497. The lowest BCUT2D eigenvalue weighted by atomic mass is 9.94. The van der Waals surface area contributed by atoms with Gasteiger partial charge in [-0.15, -0.1) is 0 Å². The molecule has 1 aromatic heterocycles. The number of amides is 1. The van der Waals surface area contributed by atoms with Gasteiger partial charge in [0.25, 0.3) is 5.91 Å². The molecule has 1 aromatic rings. The van der Waals surface area contributed by atoms with E-state index in [2.05, 4.69) is 16.4 Å². The highest BCUT2D eigenvalue weighted by Crippen LogP contribution is 2.21. The van der Waals surface area contributed by atoms with Crippen molar-refractivity contribution in [3.8, 4) is 5.88 Å². The number of allylic oxidation sites excluding steroid dienone is 1. The third kappa shape index (κ3) is 3.59. The molecule has 1 atom stereocenters. The smallest absolute Gasteiger partial charge is 0.257 e. The Labute approximate surface area is 120 Å². The fourth-order valence-electron chi connectivity index (χ4n) is 2.44. The van der Waals surface area contributed by atoms with Gasteiger partial charge in [-0.1, -0.05) is 11.6 Å². The van der Waals surface area contributed by atoms with Crippen LogP contribution in [0.1, 0.15) is 49.9 Å². The standard InChI is InChI=1S/C16H22N2O2/c1-3-20-16-14(10-7-11-17-16)15(19)18-12(2)13-8-5-4-6-9-13/h7-8,10-12H,3-6,9H2,1-2H3,(H,18,19). The van der Waals surface area contributed by atoms with E-state index in [4.69, 9.17) is 4.74 Å². The lowest BCUT2D eigenvalue weighted by molar-refractivity contribution is 0.0940. The van der Waals surface area contributed by atoms with Crippen molar-refractivity contribution in [1.82, 2.24) is 10.3 Å². The third-order valence-corrected chi connectivity index (χ3v) is 3.53. The number of carbonyl (C=O) groups is 1. The topological polar surface area (TPSA) is 51.2 Å². The average Bonchev–Trinajstić information content (AvgIpc) is 2.49. The van der Waals surface area contributed by atoms with Crippen LogP contribution in [0.25, 0.3) is 0 Å². The summed E-state index contributed by atoms with van der Waals surface area (Å²) in [7, 11) is 0. The van der Waals surface area contributed by atoms with E-state index >= 15 is 0 Å². The first-order valence-corrected chi connectivity index (χ1v) is 7.30. The molecule has 0 aliphatic heterocycles. The molecule has 4 nitrogen and oxygen atoms in total. The molecule has 0 aromatic carbocycles. The van der Waals surface area contributed by atoms with Gasteiger partial charge in [0.1, 0.15) is 5.56 Å². The number of rotatable bonds is 5. The number of hydrogen-bond acceptors (Lipinski definition) is 3. The van der Waals surface area contributed by atoms with E-state index in [-0.39, 0.29) is 11.9 Å². The van der Waals surface area contributed by atoms with Crippen LogP contribution in [0.3, 0.4) is 0 Å². The molecule has 0 spiro atoms. The molecule has 0 radical (unpaired) electrons. The monoisotopic (exact) mass is 274 g/mol. The van der Waals surface area contributed by atoms with Crippen LogP contribution in [0.15, 0.2) is 30.0 Å². The first-order valence-electron chi connectivity index (χ1n) is 7.30. The summed E-state index contributed by atoms with van der Waals surface area (Å²) < 4.78 is 5.40. The summed E-state index contributed by atoms with van der Waals surface area (Å²) >= 11 is 0. The molecule has 1 heterocycles. The minimum Gasteiger partial charge on any atom is -0.477 e. The second kappa shape index (κ2) is 7.08. The number of carbonyl (C=O) groups excluding carboxylic acids is 1. The predicted octanol–water partition coefficient (Wildman–Crippen LogP) is 3.10. The van der Waals surface area contributed by atoms with Crippen molar-refractivity contribution < 1.29 is 9.53 Å². The van der Waals surface area contributed by atoms with Crippen molar-refractivity contribution in [2.75, 3.05) is 6.61 Å². The molecular weight excluding hydrogens is 252 g/mol. The molecule has 1 amide bonds. The van der Waals surface area contributed by atoms with E-state index in [9.17, 15) is 4.79 Å². The molecule has 1 unspecified atom stereocenters. The Hall–Kier alpha value is -1.84. The van der Waals surface area contributed by atoms with Crippen LogP contribution in [-0.4, -0.2) is 23.5 Å². The molecule has 0 saturated heterocycles.